The van der Waals surface area contributed by atoms with E-state index >= 15 is 0 Å². The Morgan fingerprint density at radius 1 is 0.889 bits per heavy atom. The SMILES string of the molecule is COc1ccc(NS(=O)(=O)c2ccccc2CC(=O)c2ccccc2)cc1. The molecular weight excluding hydrogens is 362 g/mol. The minimum absolute atomic E-state index is 0.00368. The van der Waals surface area contributed by atoms with E-state index in [4.69, 9.17) is 4.74 Å². The van der Waals surface area contributed by atoms with Crippen molar-refractivity contribution in [2.45, 2.75) is 11.3 Å². The van der Waals surface area contributed by atoms with Crippen LogP contribution in [0.3, 0.4) is 0 Å². The fourth-order valence-electron chi connectivity index (χ4n) is 2.68. The summed E-state index contributed by atoms with van der Waals surface area (Å²) in [6.07, 6.45) is 0.00368. The molecule has 138 valence electrons. The van der Waals surface area contributed by atoms with Crippen LogP contribution in [0.4, 0.5) is 5.69 Å². The molecule has 0 aliphatic heterocycles. The van der Waals surface area contributed by atoms with Crippen LogP contribution in [-0.2, 0) is 16.4 Å². The molecule has 0 unspecified atom stereocenters. The maximum absolute atomic E-state index is 12.8. The zero-order valence-electron chi connectivity index (χ0n) is 14.8. The van der Waals surface area contributed by atoms with Gasteiger partial charge in [-0.05, 0) is 35.9 Å². The number of carbonyl (C=O) groups excluding carboxylic acids is 1. The molecule has 0 amide bonds. The second kappa shape index (κ2) is 8.05. The van der Waals surface area contributed by atoms with Crippen LogP contribution in [0, 0.1) is 0 Å². The number of ether oxygens (including phenoxy) is 1. The minimum atomic E-state index is -3.83. The van der Waals surface area contributed by atoms with Gasteiger partial charge in [0.05, 0.1) is 12.0 Å². The lowest BCUT2D eigenvalue weighted by Crippen LogP contribution is -2.16. The van der Waals surface area contributed by atoms with Crippen LogP contribution in [0.25, 0.3) is 0 Å². The Morgan fingerprint density at radius 2 is 1.52 bits per heavy atom. The molecule has 1 N–H and O–H groups in total. The first-order valence-corrected chi connectivity index (χ1v) is 9.81. The fraction of sp³-hybridized carbons (Fsp3) is 0.0952. The molecule has 0 fully saturated rings. The zero-order chi connectivity index (χ0) is 19.3. The number of Topliss-reactive ketones (excluding diaryl/α,β-unsaturated/α-hetero) is 1. The molecule has 6 heteroatoms. The first kappa shape index (κ1) is 18.7. The number of methoxy groups -OCH3 is 1. The van der Waals surface area contributed by atoms with Crippen molar-refractivity contribution in [1.82, 2.24) is 0 Å². The van der Waals surface area contributed by atoms with E-state index in [9.17, 15) is 13.2 Å². The Hall–Kier alpha value is -3.12. The second-order valence-corrected chi connectivity index (χ2v) is 7.56. The molecule has 0 saturated heterocycles. The lowest BCUT2D eigenvalue weighted by molar-refractivity contribution is 0.0992. The smallest absolute Gasteiger partial charge is 0.262 e. The van der Waals surface area contributed by atoms with Crippen LogP contribution in [0.1, 0.15) is 15.9 Å². The number of benzene rings is 3. The van der Waals surface area contributed by atoms with E-state index in [0.29, 0.717) is 22.6 Å². The highest BCUT2D eigenvalue weighted by Crippen LogP contribution is 2.22. The van der Waals surface area contributed by atoms with Crippen LogP contribution in [0.5, 0.6) is 5.75 Å². The largest absolute Gasteiger partial charge is 0.497 e. The number of nitrogens with one attached hydrogen (secondary N) is 1. The summed E-state index contributed by atoms with van der Waals surface area (Å²) in [4.78, 5) is 12.6. The summed E-state index contributed by atoms with van der Waals surface area (Å²) < 4.78 is 33.3. The molecule has 0 bridgehead atoms. The minimum Gasteiger partial charge on any atom is -0.497 e. The van der Waals surface area contributed by atoms with Crippen LogP contribution in [0.2, 0.25) is 0 Å². The van der Waals surface area contributed by atoms with Crippen molar-refractivity contribution in [1.29, 1.82) is 0 Å². The molecule has 5 nitrogen and oxygen atoms in total. The fourth-order valence-corrected chi connectivity index (χ4v) is 3.98. The van der Waals surface area contributed by atoms with E-state index in [1.165, 1.54) is 6.07 Å². The van der Waals surface area contributed by atoms with Crippen LogP contribution >= 0.6 is 0 Å². The van der Waals surface area contributed by atoms with Gasteiger partial charge in [0.25, 0.3) is 10.0 Å². The van der Waals surface area contributed by atoms with E-state index in [1.807, 2.05) is 6.07 Å². The maximum Gasteiger partial charge on any atom is 0.262 e. The molecule has 0 atom stereocenters. The van der Waals surface area contributed by atoms with Gasteiger partial charge in [-0.2, -0.15) is 0 Å². The van der Waals surface area contributed by atoms with Gasteiger partial charge in [-0.3, -0.25) is 9.52 Å². The Morgan fingerprint density at radius 3 is 2.19 bits per heavy atom. The molecular formula is C21H19NO4S. The highest BCUT2D eigenvalue weighted by Gasteiger charge is 2.20. The number of hydrogen-bond donors (Lipinski definition) is 1. The first-order chi connectivity index (χ1) is 13.0. The van der Waals surface area contributed by atoms with Gasteiger partial charge in [-0.1, -0.05) is 48.5 Å². The quantitative estimate of drug-likeness (QED) is 0.630. The van der Waals surface area contributed by atoms with Crippen molar-refractivity contribution in [2.24, 2.45) is 0 Å². The lowest BCUT2D eigenvalue weighted by atomic mass is 10.0. The standard InChI is InChI=1S/C21H19NO4S/c1-26-19-13-11-18(12-14-19)22-27(24,25)21-10-6-5-9-17(21)15-20(23)16-7-3-2-4-8-16/h2-14,22H,15H2,1H3. The van der Waals surface area contributed by atoms with Crippen molar-refractivity contribution < 1.29 is 17.9 Å². The number of sulfonamides is 1. The third-order valence-electron chi connectivity index (χ3n) is 4.05. The highest BCUT2D eigenvalue weighted by molar-refractivity contribution is 7.92. The summed E-state index contributed by atoms with van der Waals surface area (Å²) in [6.45, 7) is 0. The summed E-state index contributed by atoms with van der Waals surface area (Å²) in [5, 5.41) is 0. The monoisotopic (exact) mass is 381 g/mol. The Kier molecular flexibility index (Phi) is 5.57. The zero-order valence-corrected chi connectivity index (χ0v) is 15.6. The Balaban J connectivity index is 1.86. The summed E-state index contributed by atoms with van der Waals surface area (Å²) in [7, 11) is -2.29. The molecule has 0 radical (unpaired) electrons. The summed E-state index contributed by atoms with van der Waals surface area (Å²) in [5.74, 6) is 0.495. The molecule has 0 spiro atoms. The summed E-state index contributed by atoms with van der Waals surface area (Å²) >= 11 is 0. The third-order valence-corrected chi connectivity index (χ3v) is 5.53. The molecule has 0 aliphatic carbocycles. The van der Waals surface area contributed by atoms with Crippen molar-refractivity contribution in [3.63, 3.8) is 0 Å². The average Bonchev–Trinajstić information content (AvgIpc) is 2.69. The van der Waals surface area contributed by atoms with Crippen molar-refractivity contribution in [2.75, 3.05) is 11.8 Å². The van der Waals surface area contributed by atoms with Crippen molar-refractivity contribution in [3.05, 3.63) is 90.0 Å². The number of rotatable bonds is 7. The third kappa shape index (κ3) is 4.54. The van der Waals surface area contributed by atoms with E-state index in [0.717, 1.165) is 0 Å². The van der Waals surface area contributed by atoms with Crippen LogP contribution in [0.15, 0.2) is 83.8 Å². The molecule has 3 aromatic carbocycles. The number of hydrogen-bond acceptors (Lipinski definition) is 4. The van der Waals surface area contributed by atoms with Crippen LogP contribution < -0.4 is 9.46 Å². The Bertz CT molecular complexity index is 1030. The van der Waals surface area contributed by atoms with E-state index in [-0.39, 0.29) is 17.1 Å². The van der Waals surface area contributed by atoms with Gasteiger partial charge in [-0.25, -0.2) is 8.42 Å². The summed E-state index contributed by atoms with van der Waals surface area (Å²) in [6, 6.07) is 21.9. The normalized spacial score (nSPS) is 11.0. The van der Waals surface area contributed by atoms with Crippen molar-refractivity contribution >= 4 is 21.5 Å². The van der Waals surface area contributed by atoms with Gasteiger partial charge in [0.1, 0.15) is 5.75 Å². The predicted octanol–water partition coefficient (Wildman–Crippen LogP) is 3.92. The van der Waals surface area contributed by atoms with Gasteiger partial charge in [0.15, 0.2) is 5.78 Å². The molecule has 0 aliphatic rings. The van der Waals surface area contributed by atoms with E-state index in [1.54, 1.807) is 73.8 Å². The molecule has 0 aromatic heterocycles. The summed E-state index contributed by atoms with van der Waals surface area (Å²) in [5.41, 5.74) is 1.42. The van der Waals surface area contributed by atoms with Gasteiger partial charge < -0.3 is 4.74 Å². The molecule has 0 heterocycles. The molecule has 0 saturated carbocycles. The number of anilines is 1. The Labute approximate surface area is 158 Å². The molecule has 3 rings (SSSR count). The van der Waals surface area contributed by atoms with Gasteiger partial charge in [0.2, 0.25) is 0 Å². The highest BCUT2D eigenvalue weighted by atomic mass is 32.2. The van der Waals surface area contributed by atoms with Crippen molar-refractivity contribution in [3.8, 4) is 5.75 Å². The lowest BCUT2D eigenvalue weighted by Gasteiger charge is -2.12. The van der Waals surface area contributed by atoms with E-state index < -0.39 is 10.0 Å². The van der Waals surface area contributed by atoms with Crippen LogP contribution in [-0.4, -0.2) is 21.3 Å². The average molecular weight is 381 g/mol. The predicted molar refractivity (Wildman–Crippen MR) is 105 cm³/mol. The first-order valence-electron chi connectivity index (χ1n) is 8.32. The molecule has 3 aromatic rings. The second-order valence-electron chi connectivity index (χ2n) is 5.91. The van der Waals surface area contributed by atoms with E-state index in [2.05, 4.69) is 4.72 Å². The van der Waals surface area contributed by atoms with Gasteiger partial charge >= 0.3 is 0 Å². The van der Waals surface area contributed by atoms with Gasteiger partial charge in [-0.15, -0.1) is 0 Å². The molecule has 27 heavy (non-hydrogen) atoms. The topological polar surface area (TPSA) is 72.5 Å². The maximum atomic E-state index is 12.8. The number of ketones is 1. The number of carbonyl (C=O) groups is 1. The van der Waals surface area contributed by atoms with Gasteiger partial charge in [0, 0.05) is 17.7 Å².